The van der Waals surface area contributed by atoms with Gasteiger partial charge in [-0.25, -0.2) is 31.1 Å². The van der Waals surface area contributed by atoms with Gasteiger partial charge in [-0.05, 0) is 23.8 Å². The van der Waals surface area contributed by atoms with Crippen LogP contribution in [0.4, 0.5) is 17.6 Å². The Morgan fingerprint density at radius 2 is 1.43 bits per heavy atom. The zero-order valence-electron chi connectivity index (χ0n) is 14.3. The standard InChI is InChI=1S/C19H13F4NO3S/c1-27-11-6-4-5-10(9-11)14-15(17(21)19(23)18(22)16(14)20)12-7-2-3-8-13(12)28(24,25)26/h2-9H,1H3,(H2,24,25,26). The summed E-state index contributed by atoms with van der Waals surface area (Å²) in [5.74, 6) is -7.26. The minimum absolute atomic E-state index is 0.0473. The number of sulfonamides is 1. The Bertz CT molecular complexity index is 1180. The highest BCUT2D eigenvalue weighted by Crippen LogP contribution is 2.41. The second kappa shape index (κ2) is 7.25. The first-order chi connectivity index (χ1) is 13.2. The molecule has 0 saturated carbocycles. The second-order valence-corrected chi connectivity index (χ2v) is 7.31. The van der Waals surface area contributed by atoms with Crippen molar-refractivity contribution in [2.45, 2.75) is 4.90 Å². The van der Waals surface area contributed by atoms with Gasteiger partial charge in [0.1, 0.15) is 5.75 Å². The van der Waals surface area contributed by atoms with E-state index in [4.69, 9.17) is 9.88 Å². The zero-order chi connectivity index (χ0) is 20.6. The van der Waals surface area contributed by atoms with Crippen molar-refractivity contribution in [1.82, 2.24) is 0 Å². The summed E-state index contributed by atoms with van der Waals surface area (Å²) in [7, 11) is -3.04. The molecule has 0 aliphatic rings. The Kier molecular flexibility index (Phi) is 5.14. The molecule has 0 bridgehead atoms. The molecule has 4 nitrogen and oxygen atoms in total. The van der Waals surface area contributed by atoms with E-state index in [0.717, 1.165) is 12.1 Å². The van der Waals surface area contributed by atoms with Crippen LogP contribution in [0.25, 0.3) is 22.3 Å². The summed E-state index contributed by atoms with van der Waals surface area (Å²) in [6.07, 6.45) is 0. The van der Waals surface area contributed by atoms with Gasteiger partial charge in [-0.15, -0.1) is 0 Å². The monoisotopic (exact) mass is 411 g/mol. The van der Waals surface area contributed by atoms with Gasteiger partial charge in [0.15, 0.2) is 23.3 Å². The summed E-state index contributed by atoms with van der Waals surface area (Å²) in [5, 5.41) is 5.15. The number of benzene rings is 3. The molecule has 0 radical (unpaired) electrons. The van der Waals surface area contributed by atoms with Crippen LogP contribution < -0.4 is 9.88 Å². The molecule has 0 spiro atoms. The zero-order valence-corrected chi connectivity index (χ0v) is 15.2. The average molecular weight is 411 g/mol. The van der Waals surface area contributed by atoms with E-state index >= 15 is 0 Å². The van der Waals surface area contributed by atoms with E-state index in [2.05, 4.69) is 0 Å². The maximum absolute atomic E-state index is 14.8. The number of methoxy groups -OCH3 is 1. The summed E-state index contributed by atoms with van der Waals surface area (Å²) >= 11 is 0. The molecule has 3 aromatic carbocycles. The molecular weight excluding hydrogens is 398 g/mol. The van der Waals surface area contributed by atoms with Crippen LogP contribution in [0.5, 0.6) is 5.75 Å². The normalized spacial score (nSPS) is 11.5. The number of nitrogens with two attached hydrogens (primary N) is 1. The van der Waals surface area contributed by atoms with Crippen molar-refractivity contribution in [3.63, 3.8) is 0 Å². The minimum atomic E-state index is -4.38. The van der Waals surface area contributed by atoms with Gasteiger partial charge in [-0.2, -0.15) is 0 Å². The fraction of sp³-hybridized carbons (Fsp3) is 0.0526. The Hall–Kier alpha value is -2.91. The van der Waals surface area contributed by atoms with Gasteiger partial charge in [0, 0.05) is 16.7 Å². The third-order valence-electron chi connectivity index (χ3n) is 4.09. The molecule has 0 heterocycles. The van der Waals surface area contributed by atoms with Gasteiger partial charge in [0.25, 0.3) is 0 Å². The summed E-state index contributed by atoms with van der Waals surface area (Å²) in [6, 6.07) is 10.4. The molecular formula is C19H13F4NO3S. The van der Waals surface area contributed by atoms with Crippen molar-refractivity contribution in [1.29, 1.82) is 0 Å². The van der Waals surface area contributed by atoms with Crippen molar-refractivity contribution < 1.29 is 30.7 Å². The van der Waals surface area contributed by atoms with Crippen LogP contribution >= 0.6 is 0 Å². The first kappa shape index (κ1) is 19.8. The first-order valence-electron chi connectivity index (χ1n) is 7.79. The third-order valence-corrected chi connectivity index (χ3v) is 5.06. The van der Waals surface area contributed by atoms with Crippen LogP contribution in [0.3, 0.4) is 0 Å². The summed E-state index contributed by atoms with van der Waals surface area (Å²) in [5.41, 5.74) is -1.88. The lowest BCUT2D eigenvalue weighted by Gasteiger charge is -2.17. The van der Waals surface area contributed by atoms with E-state index < -0.39 is 54.9 Å². The fourth-order valence-corrected chi connectivity index (χ4v) is 3.60. The van der Waals surface area contributed by atoms with Crippen LogP contribution in [-0.2, 0) is 10.0 Å². The van der Waals surface area contributed by atoms with Crippen molar-refractivity contribution in [3.05, 3.63) is 71.8 Å². The molecule has 2 N–H and O–H groups in total. The number of hydrogen-bond donors (Lipinski definition) is 1. The largest absolute Gasteiger partial charge is 0.497 e. The Balaban J connectivity index is 2.50. The molecule has 146 valence electrons. The highest BCUT2D eigenvalue weighted by molar-refractivity contribution is 7.89. The smallest absolute Gasteiger partial charge is 0.238 e. The van der Waals surface area contributed by atoms with Crippen molar-refractivity contribution in [2.24, 2.45) is 5.14 Å². The number of halogens is 4. The predicted octanol–water partition coefficient (Wildman–Crippen LogP) is 4.23. The molecule has 0 aromatic heterocycles. The van der Waals surface area contributed by atoms with Crippen LogP contribution in [0.2, 0.25) is 0 Å². The Morgan fingerprint density at radius 1 is 0.821 bits per heavy atom. The maximum atomic E-state index is 14.8. The van der Waals surface area contributed by atoms with E-state index in [-0.39, 0.29) is 11.3 Å². The number of rotatable bonds is 4. The molecule has 0 fully saturated rings. The lowest BCUT2D eigenvalue weighted by atomic mass is 9.92. The molecule has 28 heavy (non-hydrogen) atoms. The maximum Gasteiger partial charge on any atom is 0.238 e. The van der Waals surface area contributed by atoms with Crippen LogP contribution in [0.15, 0.2) is 53.4 Å². The summed E-state index contributed by atoms with van der Waals surface area (Å²) in [6.45, 7) is 0. The summed E-state index contributed by atoms with van der Waals surface area (Å²) < 4.78 is 86.3. The third kappa shape index (κ3) is 3.34. The first-order valence-corrected chi connectivity index (χ1v) is 9.34. The number of primary sulfonamides is 1. The molecule has 0 aliphatic carbocycles. The Morgan fingerprint density at radius 3 is 2.04 bits per heavy atom. The van der Waals surface area contributed by atoms with Crippen molar-refractivity contribution >= 4 is 10.0 Å². The predicted molar refractivity (Wildman–Crippen MR) is 95.1 cm³/mol. The topological polar surface area (TPSA) is 69.4 Å². The quantitative estimate of drug-likeness (QED) is 0.397. The fourth-order valence-electron chi connectivity index (χ4n) is 2.86. The Labute approximate surface area is 158 Å². The van der Waals surface area contributed by atoms with E-state index in [1.165, 1.54) is 43.5 Å². The van der Waals surface area contributed by atoms with Gasteiger partial charge in [0.2, 0.25) is 10.0 Å². The summed E-state index contributed by atoms with van der Waals surface area (Å²) in [4.78, 5) is -0.566. The molecule has 3 aromatic rings. The van der Waals surface area contributed by atoms with Crippen LogP contribution in [0, 0.1) is 23.3 Å². The van der Waals surface area contributed by atoms with Crippen molar-refractivity contribution in [3.8, 4) is 28.0 Å². The van der Waals surface area contributed by atoms with E-state index in [1.807, 2.05) is 0 Å². The van der Waals surface area contributed by atoms with Crippen LogP contribution in [-0.4, -0.2) is 15.5 Å². The average Bonchev–Trinajstić information content (AvgIpc) is 2.68. The molecule has 0 aliphatic heterocycles. The molecule has 0 unspecified atom stereocenters. The van der Waals surface area contributed by atoms with Gasteiger partial charge in [-0.3, -0.25) is 0 Å². The number of hydrogen-bond acceptors (Lipinski definition) is 3. The number of ether oxygens (including phenoxy) is 1. The lowest BCUT2D eigenvalue weighted by Crippen LogP contribution is -2.14. The lowest BCUT2D eigenvalue weighted by molar-refractivity contribution is 0.411. The molecule has 0 atom stereocenters. The van der Waals surface area contributed by atoms with Gasteiger partial charge in [-0.1, -0.05) is 30.3 Å². The van der Waals surface area contributed by atoms with Gasteiger partial charge < -0.3 is 4.74 Å². The second-order valence-electron chi connectivity index (χ2n) is 5.78. The highest BCUT2D eigenvalue weighted by atomic mass is 32.2. The molecule has 3 rings (SSSR count). The molecule has 9 heteroatoms. The van der Waals surface area contributed by atoms with E-state index in [0.29, 0.717) is 0 Å². The van der Waals surface area contributed by atoms with Gasteiger partial charge >= 0.3 is 0 Å². The van der Waals surface area contributed by atoms with Crippen LogP contribution in [0.1, 0.15) is 0 Å². The minimum Gasteiger partial charge on any atom is -0.497 e. The molecule has 0 amide bonds. The van der Waals surface area contributed by atoms with E-state index in [9.17, 15) is 26.0 Å². The van der Waals surface area contributed by atoms with Gasteiger partial charge in [0.05, 0.1) is 12.0 Å². The van der Waals surface area contributed by atoms with Crippen molar-refractivity contribution in [2.75, 3.05) is 7.11 Å². The SMILES string of the molecule is COc1cccc(-c2c(F)c(F)c(F)c(F)c2-c2ccccc2S(N)(=O)=O)c1. The molecule has 0 saturated heterocycles. The highest BCUT2D eigenvalue weighted by Gasteiger charge is 2.29. The van der Waals surface area contributed by atoms with E-state index in [1.54, 1.807) is 0 Å².